The lowest BCUT2D eigenvalue weighted by atomic mass is 9.92. The van der Waals surface area contributed by atoms with Crippen molar-refractivity contribution in [2.24, 2.45) is 0 Å². The molecule has 3 nitrogen and oxygen atoms in total. The van der Waals surface area contributed by atoms with Crippen LogP contribution < -0.4 is 5.32 Å². The highest BCUT2D eigenvalue weighted by Gasteiger charge is 2.19. The van der Waals surface area contributed by atoms with Crippen molar-refractivity contribution in [1.82, 2.24) is 10.3 Å². The van der Waals surface area contributed by atoms with Crippen LogP contribution in [0.4, 0.5) is 0 Å². The molecule has 3 heteroatoms. The van der Waals surface area contributed by atoms with E-state index in [4.69, 9.17) is 0 Å². The third-order valence-corrected chi connectivity index (χ3v) is 3.42. The van der Waals surface area contributed by atoms with E-state index in [9.17, 15) is 4.79 Å². The molecule has 1 aliphatic rings. The Bertz CT molecular complexity index is 675. The van der Waals surface area contributed by atoms with Crippen LogP contribution in [0.15, 0.2) is 72.6 Å². The number of nitrogens with zero attached hydrogens (tertiary/aromatic N) is 1. The lowest BCUT2D eigenvalue weighted by molar-refractivity contribution is -0.120. The van der Waals surface area contributed by atoms with Crippen molar-refractivity contribution in [3.8, 4) is 0 Å². The number of hydrogen-bond donors (Lipinski definition) is 1. The SMILES string of the molecule is O=C1CC(c2ccccc2)C=C(C=Cc2ccccn2)N1. The van der Waals surface area contributed by atoms with Crippen LogP contribution in [0.5, 0.6) is 0 Å². The molecule has 2 heterocycles. The number of pyridine rings is 1. The number of nitrogens with one attached hydrogen (secondary N) is 1. The van der Waals surface area contributed by atoms with E-state index < -0.39 is 0 Å². The van der Waals surface area contributed by atoms with Gasteiger partial charge in [0.1, 0.15) is 0 Å². The minimum Gasteiger partial charge on any atom is -0.326 e. The molecule has 0 radical (unpaired) electrons. The molecule has 1 N–H and O–H groups in total. The number of aromatic nitrogens is 1. The van der Waals surface area contributed by atoms with Crippen LogP contribution in [0.2, 0.25) is 0 Å². The summed E-state index contributed by atoms with van der Waals surface area (Å²) in [5, 5.41) is 2.89. The molecule has 0 bridgehead atoms. The Morgan fingerprint density at radius 1 is 1.05 bits per heavy atom. The first kappa shape index (κ1) is 13.3. The number of amides is 1. The third kappa shape index (κ3) is 3.45. The fourth-order valence-electron chi connectivity index (χ4n) is 2.39. The summed E-state index contributed by atoms with van der Waals surface area (Å²) >= 11 is 0. The molecule has 0 saturated heterocycles. The molecule has 0 saturated carbocycles. The highest BCUT2D eigenvalue weighted by Crippen LogP contribution is 2.25. The van der Waals surface area contributed by atoms with Crippen LogP contribution in [0.1, 0.15) is 23.6 Å². The standard InChI is InChI=1S/C18H16N2O/c21-18-13-15(14-6-2-1-3-7-14)12-17(20-18)10-9-16-8-4-5-11-19-16/h1-12,15H,13H2,(H,20,21). The Balaban J connectivity index is 1.82. The minimum atomic E-state index is 0.0482. The van der Waals surface area contributed by atoms with Crippen molar-refractivity contribution < 1.29 is 4.79 Å². The van der Waals surface area contributed by atoms with Gasteiger partial charge in [-0.2, -0.15) is 0 Å². The smallest absolute Gasteiger partial charge is 0.225 e. The molecule has 0 fully saturated rings. The summed E-state index contributed by atoms with van der Waals surface area (Å²) in [7, 11) is 0. The van der Waals surface area contributed by atoms with Gasteiger partial charge in [0.25, 0.3) is 0 Å². The monoisotopic (exact) mass is 276 g/mol. The lowest BCUT2D eigenvalue weighted by Crippen LogP contribution is -2.28. The quantitative estimate of drug-likeness (QED) is 0.934. The minimum absolute atomic E-state index is 0.0482. The summed E-state index contributed by atoms with van der Waals surface area (Å²) in [5.74, 6) is 0.176. The molecule has 2 aromatic rings. The molecule has 3 rings (SSSR count). The van der Waals surface area contributed by atoms with Gasteiger partial charge in [0.15, 0.2) is 0 Å². The third-order valence-electron chi connectivity index (χ3n) is 3.42. The van der Waals surface area contributed by atoms with Crippen molar-refractivity contribution in [2.75, 3.05) is 0 Å². The highest BCUT2D eigenvalue weighted by atomic mass is 16.1. The molecule has 1 unspecified atom stereocenters. The van der Waals surface area contributed by atoms with Gasteiger partial charge in [0.2, 0.25) is 5.91 Å². The van der Waals surface area contributed by atoms with Crippen molar-refractivity contribution in [3.63, 3.8) is 0 Å². The van der Waals surface area contributed by atoms with E-state index in [0.29, 0.717) is 6.42 Å². The zero-order chi connectivity index (χ0) is 14.5. The predicted octanol–water partition coefficient (Wildman–Crippen LogP) is 3.28. The number of carbonyl (C=O) groups is 1. The van der Waals surface area contributed by atoms with E-state index in [1.807, 2.05) is 48.6 Å². The van der Waals surface area contributed by atoms with Gasteiger partial charge in [-0.3, -0.25) is 9.78 Å². The maximum atomic E-state index is 11.9. The van der Waals surface area contributed by atoms with Crippen LogP contribution in [0, 0.1) is 0 Å². The van der Waals surface area contributed by atoms with Gasteiger partial charge in [0, 0.05) is 24.2 Å². The van der Waals surface area contributed by atoms with Gasteiger partial charge in [-0.25, -0.2) is 0 Å². The van der Waals surface area contributed by atoms with Gasteiger partial charge in [-0.1, -0.05) is 42.5 Å². The second-order valence-corrected chi connectivity index (χ2v) is 4.98. The summed E-state index contributed by atoms with van der Waals surface area (Å²) in [5.41, 5.74) is 2.86. The Kier molecular flexibility index (Phi) is 3.92. The summed E-state index contributed by atoms with van der Waals surface area (Å²) in [6, 6.07) is 15.8. The van der Waals surface area contributed by atoms with E-state index in [2.05, 4.69) is 28.5 Å². The zero-order valence-electron chi connectivity index (χ0n) is 11.6. The Morgan fingerprint density at radius 2 is 1.86 bits per heavy atom. The second kappa shape index (κ2) is 6.18. The Hall–Kier alpha value is -2.68. The predicted molar refractivity (Wildman–Crippen MR) is 83.3 cm³/mol. The van der Waals surface area contributed by atoms with Gasteiger partial charge >= 0.3 is 0 Å². The molecule has 1 amide bonds. The number of allylic oxidation sites excluding steroid dienone is 2. The van der Waals surface area contributed by atoms with Crippen LogP contribution in [-0.2, 0) is 4.79 Å². The normalized spacial score (nSPS) is 18.4. The summed E-state index contributed by atoms with van der Waals surface area (Å²) < 4.78 is 0. The first-order valence-corrected chi connectivity index (χ1v) is 6.97. The van der Waals surface area contributed by atoms with Gasteiger partial charge in [-0.05, 0) is 29.8 Å². The summed E-state index contributed by atoms with van der Waals surface area (Å²) in [4.78, 5) is 16.1. The van der Waals surface area contributed by atoms with Gasteiger partial charge < -0.3 is 5.32 Å². The van der Waals surface area contributed by atoms with Crippen LogP contribution in [0.25, 0.3) is 6.08 Å². The van der Waals surface area contributed by atoms with E-state index in [0.717, 1.165) is 17.0 Å². The number of carbonyl (C=O) groups excluding carboxylic acids is 1. The molecule has 1 atom stereocenters. The molecule has 21 heavy (non-hydrogen) atoms. The second-order valence-electron chi connectivity index (χ2n) is 4.98. The van der Waals surface area contributed by atoms with Gasteiger partial charge in [-0.15, -0.1) is 0 Å². The Morgan fingerprint density at radius 3 is 2.62 bits per heavy atom. The lowest BCUT2D eigenvalue weighted by Gasteiger charge is -2.20. The largest absolute Gasteiger partial charge is 0.326 e. The first-order chi connectivity index (χ1) is 10.3. The number of rotatable bonds is 3. The number of hydrogen-bond acceptors (Lipinski definition) is 2. The van der Waals surface area contributed by atoms with E-state index in [-0.39, 0.29) is 11.8 Å². The molecule has 104 valence electrons. The van der Waals surface area contributed by atoms with Crippen molar-refractivity contribution in [3.05, 3.63) is 83.8 Å². The zero-order valence-corrected chi connectivity index (χ0v) is 11.6. The van der Waals surface area contributed by atoms with E-state index in [1.54, 1.807) is 6.20 Å². The fourth-order valence-corrected chi connectivity index (χ4v) is 2.39. The molecular weight excluding hydrogens is 260 g/mol. The van der Waals surface area contributed by atoms with Crippen LogP contribution in [0.3, 0.4) is 0 Å². The topological polar surface area (TPSA) is 42.0 Å². The number of benzene rings is 1. The first-order valence-electron chi connectivity index (χ1n) is 6.97. The van der Waals surface area contributed by atoms with Crippen molar-refractivity contribution >= 4 is 12.0 Å². The molecule has 1 aliphatic heterocycles. The molecule has 1 aromatic carbocycles. The highest BCUT2D eigenvalue weighted by molar-refractivity contribution is 5.81. The molecule has 0 aliphatic carbocycles. The van der Waals surface area contributed by atoms with Crippen molar-refractivity contribution in [2.45, 2.75) is 12.3 Å². The van der Waals surface area contributed by atoms with Gasteiger partial charge in [0.05, 0.1) is 5.69 Å². The van der Waals surface area contributed by atoms with Crippen LogP contribution in [-0.4, -0.2) is 10.9 Å². The molecule has 0 spiro atoms. The average Bonchev–Trinajstić information content (AvgIpc) is 2.54. The molecule has 1 aromatic heterocycles. The van der Waals surface area contributed by atoms with E-state index in [1.165, 1.54) is 0 Å². The summed E-state index contributed by atoms with van der Waals surface area (Å²) in [6.45, 7) is 0. The van der Waals surface area contributed by atoms with Crippen molar-refractivity contribution in [1.29, 1.82) is 0 Å². The van der Waals surface area contributed by atoms with Crippen LogP contribution >= 0.6 is 0 Å². The average molecular weight is 276 g/mol. The maximum Gasteiger partial charge on any atom is 0.225 e. The Labute approximate surface area is 124 Å². The molecular formula is C18H16N2O. The fraction of sp³-hybridized carbons (Fsp3) is 0.111. The maximum absolute atomic E-state index is 11.9. The van der Waals surface area contributed by atoms with E-state index >= 15 is 0 Å². The summed E-state index contributed by atoms with van der Waals surface area (Å²) in [6.07, 6.45) is 8.14.